The number of carbonyl (C=O) groups is 2. The summed E-state index contributed by atoms with van der Waals surface area (Å²) in [7, 11) is 0. The molecule has 0 aliphatic heterocycles. The van der Waals surface area contributed by atoms with E-state index in [1.165, 1.54) is 18.2 Å². The highest BCUT2D eigenvalue weighted by molar-refractivity contribution is 9.10. The zero-order chi connectivity index (χ0) is 15.6. The molecule has 0 aromatic heterocycles. The lowest BCUT2D eigenvalue weighted by Gasteiger charge is -2.08. The number of anilines is 1. The van der Waals surface area contributed by atoms with Gasteiger partial charge in [-0.05, 0) is 46.3 Å². The monoisotopic (exact) mass is 355 g/mol. The highest BCUT2D eigenvalue weighted by Gasteiger charge is 2.16. The second kappa shape index (κ2) is 6.01. The van der Waals surface area contributed by atoms with Gasteiger partial charge < -0.3 is 10.4 Å². The molecule has 0 fully saturated rings. The van der Waals surface area contributed by atoms with Gasteiger partial charge in [-0.1, -0.05) is 6.07 Å². The van der Waals surface area contributed by atoms with Crippen molar-refractivity contribution in [3.63, 3.8) is 0 Å². The van der Waals surface area contributed by atoms with E-state index in [1.54, 1.807) is 0 Å². The molecule has 0 heterocycles. The fraction of sp³-hybridized carbons (Fsp3) is 0. The fourth-order valence-corrected chi connectivity index (χ4v) is 1.99. The smallest absolute Gasteiger partial charge is 0.335 e. The molecule has 2 N–H and O–H groups in total. The van der Waals surface area contributed by atoms with Crippen molar-refractivity contribution < 1.29 is 23.5 Å². The molecule has 0 radical (unpaired) electrons. The van der Waals surface area contributed by atoms with Crippen LogP contribution >= 0.6 is 15.9 Å². The topological polar surface area (TPSA) is 66.4 Å². The van der Waals surface area contributed by atoms with E-state index in [4.69, 9.17) is 5.11 Å². The minimum atomic E-state index is -1.26. The Balaban J connectivity index is 2.33. The average molecular weight is 356 g/mol. The fourth-order valence-electron chi connectivity index (χ4n) is 1.62. The average Bonchev–Trinajstić information content (AvgIpc) is 2.43. The number of carboxylic acid groups (broad SMARTS) is 1. The van der Waals surface area contributed by atoms with Crippen LogP contribution in [0.1, 0.15) is 20.7 Å². The van der Waals surface area contributed by atoms with E-state index >= 15 is 0 Å². The first-order valence-electron chi connectivity index (χ1n) is 5.68. The maximum Gasteiger partial charge on any atom is 0.335 e. The van der Waals surface area contributed by atoms with Crippen LogP contribution in [0.5, 0.6) is 0 Å². The summed E-state index contributed by atoms with van der Waals surface area (Å²) in [5, 5.41) is 11.0. The zero-order valence-electron chi connectivity index (χ0n) is 10.4. The molecule has 108 valence electrons. The molecular weight excluding hydrogens is 348 g/mol. The number of benzene rings is 2. The molecule has 0 aliphatic carbocycles. The molecule has 0 aliphatic rings. The van der Waals surface area contributed by atoms with Gasteiger partial charge in [0, 0.05) is 0 Å². The number of halogens is 3. The van der Waals surface area contributed by atoms with Crippen LogP contribution < -0.4 is 5.32 Å². The molecule has 0 saturated carbocycles. The van der Waals surface area contributed by atoms with Crippen molar-refractivity contribution in [2.45, 2.75) is 0 Å². The standard InChI is InChI=1S/C14H8BrF2NO3/c15-9-3-1-2-8(12(9)17)13(19)18-11-6-7(14(20)21)4-5-10(11)16/h1-6H,(H,18,19)(H,20,21). The maximum atomic E-state index is 13.8. The Bertz CT molecular complexity index is 734. The molecule has 0 unspecified atom stereocenters. The van der Waals surface area contributed by atoms with Crippen LogP contribution in [0.15, 0.2) is 40.9 Å². The van der Waals surface area contributed by atoms with Gasteiger partial charge in [-0.2, -0.15) is 0 Å². The molecule has 0 spiro atoms. The Hall–Kier alpha value is -2.28. The van der Waals surface area contributed by atoms with Gasteiger partial charge in [0.25, 0.3) is 5.91 Å². The van der Waals surface area contributed by atoms with Gasteiger partial charge in [-0.3, -0.25) is 4.79 Å². The number of nitrogens with one attached hydrogen (secondary N) is 1. The van der Waals surface area contributed by atoms with Gasteiger partial charge in [-0.25, -0.2) is 13.6 Å². The third kappa shape index (κ3) is 3.25. The summed E-state index contributed by atoms with van der Waals surface area (Å²) in [5.41, 5.74) is -0.815. The van der Waals surface area contributed by atoms with Gasteiger partial charge >= 0.3 is 5.97 Å². The Morgan fingerprint density at radius 2 is 1.86 bits per heavy atom. The Morgan fingerprint density at radius 1 is 1.14 bits per heavy atom. The second-order valence-corrected chi connectivity index (χ2v) is 4.91. The van der Waals surface area contributed by atoms with Crippen molar-refractivity contribution in [2.75, 3.05) is 5.32 Å². The lowest BCUT2D eigenvalue weighted by Crippen LogP contribution is -2.15. The van der Waals surface area contributed by atoms with Gasteiger partial charge in [0.15, 0.2) is 0 Å². The number of carbonyl (C=O) groups excluding carboxylic acids is 1. The van der Waals surface area contributed by atoms with Crippen molar-refractivity contribution in [3.05, 3.63) is 63.6 Å². The van der Waals surface area contributed by atoms with Gasteiger partial charge in [-0.15, -0.1) is 0 Å². The highest BCUT2D eigenvalue weighted by Crippen LogP contribution is 2.21. The zero-order valence-corrected chi connectivity index (χ0v) is 11.9. The number of hydrogen-bond acceptors (Lipinski definition) is 2. The quantitative estimate of drug-likeness (QED) is 0.882. The number of amides is 1. The molecule has 4 nitrogen and oxygen atoms in total. The molecule has 7 heteroatoms. The summed E-state index contributed by atoms with van der Waals surface area (Å²) in [6, 6.07) is 7.03. The van der Waals surface area contributed by atoms with Crippen LogP contribution in [0.25, 0.3) is 0 Å². The molecule has 0 bridgehead atoms. The third-order valence-corrected chi connectivity index (χ3v) is 3.27. The minimum absolute atomic E-state index is 0.0925. The summed E-state index contributed by atoms with van der Waals surface area (Å²) in [4.78, 5) is 22.8. The van der Waals surface area contributed by atoms with E-state index in [-0.39, 0.29) is 21.3 Å². The molecule has 0 saturated heterocycles. The summed E-state index contributed by atoms with van der Waals surface area (Å²) in [6.45, 7) is 0. The molecule has 2 aromatic rings. The van der Waals surface area contributed by atoms with E-state index in [0.717, 1.165) is 18.2 Å². The highest BCUT2D eigenvalue weighted by atomic mass is 79.9. The molecular formula is C14H8BrF2NO3. The van der Waals surface area contributed by atoms with E-state index in [0.29, 0.717) is 0 Å². The predicted molar refractivity (Wildman–Crippen MR) is 75.4 cm³/mol. The first-order valence-corrected chi connectivity index (χ1v) is 6.47. The summed E-state index contributed by atoms with van der Waals surface area (Å²) in [5.74, 6) is -3.75. The van der Waals surface area contributed by atoms with Crippen LogP contribution in [0.3, 0.4) is 0 Å². The van der Waals surface area contributed by atoms with Crippen molar-refractivity contribution in [1.29, 1.82) is 0 Å². The lowest BCUT2D eigenvalue weighted by molar-refractivity contribution is 0.0696. The van der Waals surface area contributed by atoms with Crippen LogP contribution in [0, 0.1) is 11.6 Å². The van der Waals surface area contributed by atoms with Gasteiger partial charge in [0.05, 0.1) is 21.3 Å². The Labute approximate surface area is 126 Å². The molecule has 2 rings (SSSR count). The lowest BCUT2D eigenvalue weighted by atomic mass is 10.1. The summed E-state index contributed by atoms with van der Waals surface area (Å²) in [6.07, 6.45) is 0. The van der Waals surface area contributed by atoms with Gasteiger partial charge in [0.2, 0.25) is 0 Å². The Kier molecular flexibility index (Phi) is 4.32. The molecule has 21 heavy (non-hydrogen) atoms. The van der Waals surface area contributed by atoms with E-state index < -0.39 is 23.5 Å². The van der Waals surface area contributed by atoms with Crippen molar-refractivity contribution in [1.82, 2.24) is 0 Å². The second-order valence-electron chi connectivity index (χ2n) is 4.06. The number of carboxylic acids is 1. The largest absolute Gasteiger partial charge is 0.478 e. The molecule has 0 atom stereocenters. The molecule has 1 amide bonds. The van der Waals surface area contributed by atoms with Crippen LogP contribution in [0.4, 0.5) is 14.5 Å². The first kappa shape index (κ1) is 15.1. The SMILES string of the molecule is O=C(O)c1ccc(F)c(NC(=O)c2cccc(Br)c2F)c1. The molecule has 2 aromatic carbocycles. The first-order chi connectivity index (χ1) is 9.90. The van der Waals surface area contributed by atoms with Crippen LogP contribution in [-0.2, 0) is 0 Å². The number of rotatable bonds is 3. The van der Waals surface area contributed by atoms with Crippen molar-refractivity contribution in [3.8, 4) is 0 Å². The van der Waals surface area contributed by atoms with Crippen LogP contribution in [-0.4, -0.2) is 17.0 Å². The van der Waals surface area contributed by atoms with Crippen molar-refractivity contribution >= 4 is 33.5 Å². The predicted octanol–water partition coefficient (Wildman–Crippen LogP) is 3.68. The third-order valence-electron chi connectivity index (χ3n) is 2.66. The normalized spacial score (nSPS) is 10.2. The number of aromatic carboxylic acids is 1. The summed E-state index contributed by atoms with van der Waals surface area (Å²) < 4.78 is 27.4. The summed E-state index contributed by atoms with van der Waals surface area (Å²) >= 11 is 2.94. The van der Waals surface area contributed by atoms with E-state index in [1.807, 2.05) is 0 Å². The van der Waals surface area contributed by atoms with E-state index in [9.17, 15) is 18.4 Å². The van der Waals surface area contributed by atoms with Gasteiger partial charge in [0.1, 0.15) is 11.6 Å². The van der Waals surface area contributed by atoms with Crippen molar-refractivity contribution in [2.24, 2.45) is 0 Å². The number of hydrogen-bond donors (Lipinski definition) is 2. The maximum absolute atomic E-state index is 13.8. The minimum Gasteiger partial charge on any atom is -0.478 e. The Morgan fingerprint density at radius 3 is 2.52 bits per heavy atom. The van der Waals surface area contributed by atoms with Crippen LogP contribution in [0.2, 0.25) is 0 Å². The van der Waals surface area contributed by atoms with E-state index in [2.05, 4.69) is 21.2 Å².